The van der Waals surface area contributed by atoms with E-state index in [9.17, 15) is 14.9 Å². The minimum absolute atomic E-state index is 0.151. The van der Waals surface area contributed by atoms with Crippen LogP contribution in [0.2, 0.25) is 0 Å². The first-order chi connectivity index (χ1) is 9.97. The molecule has 0 aromatic heterocycles. The molecule has 1 aromatic rings. The Hall–Kier alpha value is -1.83. The van der Waals surface area contributed by atoms with Gasteiger partial charge in [0.1, 0.15) is 17.5 Å². The van der Waals surface area contributed by atoms with Crippen LogP contribution in [0.4, 0.5) is 0 Å². The molecular weight excluding hydrogens is 344 g/mol. The van der Waals surface area contributed by atoms with Gasteiger partial charge in [0.2, 0.25) is 11.9 Å². The Morgan fingerprint density at radius 1 is 1.33 bits per heavy atom. The number of piperidine rings is 1. The van der Waals surface area contributed by atoms with Gasteiger partial charge in [-0.05, 0) is 28.1 Å². The van der Waals surface area contributed by atoms with Crippen LogP contribution in [0.1, 0.15) is 24.4 Å². The Balaban J connectivity index is 2.50. The van der Waals surface area contributed by atoms with Crippen molar-refractivity contribution in [1.82, 2.24) is 5.32 Å². The van der Waals surface area contributed by atoms with Gasteiger partial charge in [0.05, 0.1) is 18.7 Å². The van der Waals surface area contributed by atoms with Gasteiger partial charge in [-0.2, -0.15) is 0 Å². The highest BCUT2D eigenvalue weighted by Gasteiger charge is 2.40. The number of methoxy groups -OCH3 is 2. The number of benzene rings is 1. The summed E-state index contributed by atoms with van der Waals surface area (Å²) in [5.74, 6) is 0.775. The summed E-state index contributed by atoms with van der Waals surface area (Å²) in [6.07, 6.45) is 0.350. The van der Waals surface area contributed by atoms with E-state index in [0.717, 1.165) is 0 Å². The third-order valence-electron chi connectivity index (χ3n) is 3.48. The van der Waals surface area contributed by atoms with Crippen molar-refractivity contribution in [3.05, 3.63) is 32.3 Å². The van der Waals surface area contributed by atoms with Crippen LogP contribution in [0, 0.1) is 10.1 Å². The number of carbonyl (C=O) groups is 1. The Bertz CT molecular complexity index is 578. The Kier molecular flexibility index (Phi) is 4.66. The molecule has 2 unspecified atom stereocenters. The van der Waals surface area contributed by atoms with Crippen molar-refractivity contribution in [3.8, 4) is 11.5 Å². The summed E-state index contributed by atoms with van der Waals surface area (Å²) in [7, 11) is 2.98. The van der Waals surface area contributed by atoms with Crippen molar-refractivity contribution in [2.45, 2.75) is 24.9 Å². The molecule has 7 nitrogen and oxygen atoms in total. The van der Waals surface area contributed by atoms with Gasteiger partial charge >= 0.3 is 0 Å². The number of amides is 1. The lowest BCUT2D eigenvalue weighted by molar-refractivity contribution is -0.529. The normalized spacial score (nSPS) is 21.6. The van der Waals surface area contributed by atoms with E-state index in [2.05, 4.69) is 21.2 Å². The van der Waals surface area contributed by atoms with Gasteiger partial charge in [-0.25, -0.2) is 0 Å². The topological polar surface area (TPSA) is 90.7 Å². The largest absolute Gasteiger partial charge is 0.496 e. The van der Waals surface area contributed by atoms with E-state index in [4.69, 9.17) is 9.47 Å². The molecule has 1 aliphatic rings. The third-order valence-corrected chi connectivity index (χ3v) is 4.10. The van der Waals surface area contributed by atoms with Gasteiger partial charge in [-0.3, -0.25) is 14.9 Å². The van der Waals surface area contributed by atoms with Gasteiger partial charge in [-0.1, -0.05) is 0 Å². The van der Waals surface area contributed by atoms with E-state index >= 15 is 0 Å². The number of hydrogen-bond donors (Lipinski definition) is 1. The van der Waals surface area contributed by atoms with E-state index in [1.165, 1.54) is 14.2 Å². The molecular formula is C13H15BrN2O5. The molecule has 2 rings (SSSR count). The van der Waals surface area contributed by atoms with Crippen LogP contribution < -0.4 is 14.8 Å². The fraction of sp³-hybridized carbons (Fsp3) is 0.462. The summed E-state index contributed by atoms with van der Waals surface area (Å²) >= 11 is 3.34. The lowest BCUT2D eigenvalue weighted by Crippen LogP contribution is -2.45. The number of nitro groups is 1. The number of halogens is 1. The summed E-state index contributed by atoms with van der Waals surface area (Å²) in [5, 5.41) is 13.9. The highest BCUT2D eigenvalue weighted by molar-refractivity contribution is 9.10. The molecule has 0 saturated carbocycles. The second-order valence-corrected chi connectivity index (χ2v) is 5.52. The first-order valence-electron chi connectivity index (χ1n) is 6.32. The van der Waals surface area contributed by atoms with Crippen molar-refractivity contribution in [2.75, 3.05) is 14.2 Å². The van der Waals surface area contributed by atoms with E-state index in [0.29, 0.717) is 21.5 Å². The first kappa shape index (κ1) is 15.6. The van der Waals surface area contributed by atoms with Gasteiger partial charge in [0.15, 0.2) is 0 Å². The molecule has 2 atom stereocenters. The highest BCUT2D eigenvalue weighted by Crippen LogP contribution is 2.38. The van der Waals surface area contributed by atoms with Crippen LogP contribution in [0.25, 0.3) is 0 Å². The number of hydrogen-bond acceptors (Lipinski definition) is 5. The van der Waals surface area contributed by atoms with Crippen molar-refractivity contribution in [3.63, 3.8) is 0 Å². The maximum absolute atomic E-state index is 11.6. The Labute approximate surface area is 129 Å². The van der Waals surface area contributed by atoms with Crippen LogP contribution >= 0.6 is 15.9 Å². The van der Waals surface area contributed by atoms with E-state index < -0.39 is 12.1 Å². The van der Waals surface area contributed by atoms with E-state index in [-0.39, 0.29) is 23.7 Å². The maximum atomic E-state index is 11.6. The fourth-order valence-corrected chi connectivity index (χ4v) is 2.91. The van der Waals surface area contributed by atoms with Crippen molar-refractivity contribution in [2.24, 2.45) is 0 Å². The summed E-state index contributed by atoms with van der Waals surface area (Å²) in [6.45, 7) is 0. The van der Waals surface area contributed by atoms with Crippen molar-refractivity contribution < 1.29 is 19.2 Å². The summed E-state index contributed by atoms with van der Waals surface area (Å²) in [5.41, 5.74) is 0.535. The number of nitrogens with one attached hydrogen (secondary N) is 1. The Morgan fingerprint density at radius 3 is 2.57 bits per heavy atom. The van der Waals surface area contributed by atoms with Crippen LogP contribution in [-0.4, -0.2) is 31.1 Å². The van der Waals surface area contributed by atoms with Crippen molar-refractivity contribution >= 4 is 21.8 Å². The summed E-state index contributed by atoms with van der Waals surface area (Å²) in [6, 6.07) is 1.70. The van der Waals surface area contributed by atoms with Crippen LogP contribution in [0.15, 0.2) is 16.6 Å². The lowest BCUT2D eigenvalue weighted by atomic mass is 9.91. The highest BCUT2D eigenvalue weighted by atomic mass is 79.9. The quantitative estimate of drug-likeness (QED) is 0.657. The zero-order valence-corrected chi connectivity index (χ0v) is 13.2. The maximum Gasteiger partial charge on any atom is 0.237 e. The smallest absolute Gasteiger partial charge is 0.237 e. The zero-order valence-electron chi connectivity index (χ0n) is 11.6. The van der Waals surface area contributed by atoms with Gasteiger partial charge in [-0.15, -0.1) is 0 Å². The average molecular weight is 359 g/mol. The number of rotatable bonds is 4. The molecule has 1 fully saturated rings. The van der Waals surface area contributed by atoms with Crippen LogP contribution in [-0.2, 0) is 4.79 Å². The molecule has 0 bridgehead atoms. The molecule has 8 heteroatoms. The molecule has 1 N–H and O–H groups in total. The first-order valence-corrected chi connectivity index (χ1v) is 7.11. The second-order valence-electron chi connectivity index (χ2n) is 4.67. The fourth-order valence-electron chi connectivity index (χ4n) is 2.43. The molecule has 114 valence electrons. The number of carbonyl (C=O) groups excluding carboxylic acids is 1. The molecule has 1 amide bonds. The van der Waals surface area contributed by atoms with E-state index in [1.807, 2.05) is 0 Å². The summed E-state index contributed by atoms with van der Waals surface area (Å²) in [4.78, 5) is 22.5. The average Bonchev–Trinajstić information content (AvgIpc) is 2.46. The molecule has 1 saturated heterocycles. The van der Waals surface area contributed by atoms with Gasteiger partial charge < -0.3 is 14.8 Å². The standard InChI is InChI=1S/C13H15BrN2O5/c1-20-10-6-8(14)11(21-2)5-7(10)13-9(16(18)19)3-4-12(17)15-13/h5-6,9,13H,3-4H2,1-2H3,(H,15,17). The summed E-state index contributed by atoms with van der Waals surface area (Å²) < 4.78 is 11.2. The number of nitrogens with zero attached hydrogens (tertiary/aromatic N) is 1. The predicted octanol–water partition coefficient (Wildman–Crippen LogP) is 2.06. The minimum Gasteiger partial charge on any atom is -0.496 e. The molecule has 0 aliphatic carbocycles. The zero-order chi connectivity index (χ0) is 15.6. The third kappa shape index (κ3) is 3.10. The SMILES string of the molecule is COc1cc(C2NC(=O)CCC2[N+](=O)[O-])c(OC)cc1Br. The second kappa shape index (κ2) is 6.30. The molecule has 1 aromatic carbocycles. The van der Waals surface area contributed by atoms with Crippen LogP contribution in [0.3, 0.4) is 0 Å². The van der Waals surface area contributed by atoms with Crippen molar-refractivity contribution in [1.29, 1.82) is 0 Å². The van der Waals surface area contributed by atoms with Gasteiger partial charge in [0.25, 0.3) is 0 Å². The minimum atomic E-state index is -0.887. The predicted molar refractivity (Wildman–Crippen MR) is 78.1 cm³/mol. The Morgan fingerprint density at radius 2 is 2.00 bits per heavy atom. The van der Waals surface area contributed by atoms with Gasteiger partial charge in [0, 0.05) is 23.3 Å². The van der Waals surface area contributed by atoms with Crippen LogP contribution in [0.5, 0.6) is 11.5 Å². The number of ether oxygens (including phenoxy) is 2. The lowest BCUT2D eigenvalue weighted by Gasteiger charge is -2.28. The monoisotopic (exact) mass is 358 g/mol. The molecule has 21 heavy (non-hydrogen) atoms. The van der Waals surface area contributed by atoms with E-state index in [1.54, 1.807) is 12.1 Å². The molecule has 0 spiro atoms. The molecule has 1 aliphatic heterocycles. The molecule has 1 heterocycles. The molecule has 0 radical (unpaired) electrons.